The summed E-state index contributed by atoms with van der Waals surface area (Å²) in [6, 6.07) is 0. The van der Waals surface area contributed by atoms with Crippen molar-refractivity contribution in [1.29, 1.82) is 0 Å². The van der Waals surface area contributed by atoms with Crippen molar-refractivity contribution >= 4 is 11.9 Å². The molecule has 0 aliphatic carbocycles. The third-order valence-electron chi connectivity index (χ3n) is 11.5. The fourth-order valence-electron chi connectivity index (χ4n) is 7.56. The highest BCUT2D eigenvalue weighted by Gasteiger charge is 2.17. The highest BCUT2D eigenvalue weighted by molar-refractivity contribution is 5.70. The van der Waals surface area contributed by atoms with Crippen LogP contribution >= 0.6 is 0 Å². The molecule has 0 rings (SSSR count). The summed E-state index contributed by atoms with van der Waals surface area (Å²) in [5, 5.41) is 0. The molecule has 0 aromatic rings. The van der Waals surface area contributed by atoms with E-state index in [-0.39, 0.29) is 25.2 Å². The van der Waals surface area contributed by atoms with E-state index in [0.29, 0.717) is 19.4 Å². The molecule has 0 saturated heterocycles. The highest BCUT2D eigenvalue weighted by atomic mass is 16.6. The molecular formula is C57H102O5. The Morgan fingerprint density at radius 1 is 0.371 bits per heavy atom. The summed E-state index contributed by atoms with van der Waals surface area (Å²) in [6.45, 7) is 7.70. The Hall–Kier alpha value is -2.40. The van der Waals surface area contributed by atoms with Crippen molar-refractivity contribution in [1.82, 2.24) is 0 Å². The molecule has 0 aliphatic rings. The van der Waals surface area contributed by atoms with Gasteiger partial charge in [-0.15, -0.1) is 0 Å². The first-order valence-electron chi connectivity index (χ1n) is 26.8. The van der Waals surface area contributed by atoms with E-state index in [1.54, 1.807) is 0 Å². The predicted molar refractivity (Wildman–Crippen MR) is 270 cm³/mol. The van der Waals surface area contributed by atoms with E-state index in [0.717, 1.165) is 96.3 Å². The quantitative estimate of drug-likeness (QED) is 0.0346. The molecule has 5 nitrogen and oxygen atoms in total. The van der Waals surface area contributed by atoms with Gasteiger partial charge in [-0.1, -0.05) is 229 Å². The Kier molecular flexibility index (Phi) is 50.9. The number of carbonyl (C=O) groups is 2. The van der Waals surface area contributed by atoms with Crippen molar-refractivity contribution in [3.8, 4) is 0 Å². The monoisotopic (exact) mass is 867 g/mol. The van der Waals surface area contributed by atoms with E-state index in [1.807, 2.05) is 0 Å². The lowest BCUT2D eigenvalue weighted by Gasteiger charge is -2.18. The fourth-order valence-corrected chi connectivity index (χ4v) is 7.56. The molecule has 0 unspecified atom stereocenters. The third-order valence-corrected chi connectivity index (χ3v) is 11.5. The van der Waals surface area contributed by atoms with Gasteiger partial charge in [0, 0.05) is 19.4 Å². The Morgan fingerprint density at radius 2 is 0.726 bits per heavy atom. The number of esters is 2. The molecule has 0 amide bonds. The molecule has 360 valence electrons. The van der Waals surface area contributed by atoms with E-state index >= 15 is 0 Å². The Morgan fingerprint density at radius 3 is 1.19 bits per heavy atom. The average molecular weight is 867 g/mol. The second-order valence-electron chi connectivity index (χ2n) is 17.8. The van der Waals surface area contributed by atoms with Crippen molar-refractivity contribution < 1.29 is 23.8 Å². The number of rotatable bonds is 49. The molecule has 0 heterocycles. The van der Waals surface area contributed by atoms with E-state index < -0.39 is 6.10 Å². The fraction of sp³-hybridized carbons (Fsp3) is 0.789. The van der Waals surface area contributed by atoms with Gasteiger partial charge in [-0.25, -0.2) is 0 Å². The lowest BCUT2D eigenvalue weighted by molar-refractivity contribution is -0.163. The van der Waals surface area contributed by atoms with Gasteiger partial charge < -0.3 is 14.2 Å². The molecule has 0 radical (unpaired) electrons. The molecule has 1 atom stereocenters. The summed E-state index contributed by atoms with van der Waals surface area (Å²) in [7, 11) is 0. The first-order chi connectivity index (χ1) is 30.6. The zero-order chi connectivity index (χ0) is 44.9. The van der Waals surface area contributed by atoms with Crippen LogP contribution in [0.5, 0.6) is 0 Å². The first-order valence-corrected chi connectivity index (χ1v) is 26.8. The van der Waals surface area contributed by atoms with Crippen LogP contribution in [0.4, 0.5) is 0 Å². The van der Waals surface area contributed by atoms with E-state index in [4.69, 9.17) is 14.2 Å². The van der Waals surface area contributed by atoms with Gasteiger partial charge in [0.1, 0.15) is 6.61 Å². The van der Waals surface area contributed by atoms with Gasteiger partial charge in [0.05, 0.1) is 6.61 Å². The van der Waals surface area contributed by atoms with Crippen LogP contribution in [0, 0.1) is 0 Å². The average Bonchev–Trinajstić information content (AvgIpc) is 3.27. The SMILES string of the molecule is CC/C=C\C/C=C\C/C=C\C/C=C\CCCCCCC(=O)OC[C@@H](COCCCCCCCCCCCCCCCCCC)OC(=O)CCCCCCC/C=C\CCCCCC. The molecule has 62 heavy (non-hydrogen) atoms. The van der Waals surface area contributed by atoms with Gasteiger partial charge in [0.2, 0.25) is 0 Å². The zero-order valence-electron chi connectivity index (χ0n) is 41.4. The van der Waals surface area contributed by atoms with Gasteiger partial charge >= 0.3 is 11.9 Å². The van der Waals surface area contributed by atoms with Crippen LogP contribution in [0.1, 0.15) is 265 Å². The Labute approximate surface area is 385 Å². The molecule has 0 spiro atoms. The maximum absolute atomic E-state index is 12.8. The summed E-state index contributed by atoms with van der Waals surface area (Å²) < 4.78 is 17.4. The standard InChI is InChI=1S/C57H102O5/c1-4-7-10-13-16-19-22-25-27-29-30-33-35-38-41-44-47-50-56(58)61-54-55(62-57(59)51-48-45-42-39-36-32-24-21-18-15-12-9-6-3)53-60-52-49-46-43-40-37-34-31-28-26-23-20-17-14-11-8-5-2/h7,10,16,19,21,24-25,27,30,33,55H,4-6,8-9,11-15,17-18,20,22-23,26,28-29,31-32,34-54H2,1-3H3/b10-7-,19-16-,24-21-,27-25-,33-30-/t55-/m1/s1. The zero-order valence-corrected chi connectivity index (χ0v) is 41.4. The predicted octanol–water partition coefficient (Wildman–Crippen LogP) is 18.1. The highest BCUT2D eigenvalue weighted by Crippen LogP contribution is 2.15. The minimum Gasteiger partial charge on any atom is -0.462 e. The second kappa shape index (κ2) is 52.9. The normalized spacial score (nSPS) is 12.6. The van der Waals surface area contributed by atoms with Crippen molar-refractivity contribution in [2.75, 3.05) is 19.8 Å². The Bertz CT molecular complexity index is 1070. The largest absolute Gasteiger partial charge is 0.462 e. The van der Waals surface area contributed by atoms with Crippen LogP contribution in [0.25, 0.3) is 0 Å². The summed E-state index contributed by atoms with van der Waals surface area (Å²) >= 11 is 0. The maximum atomic E-state index is 12.8. The molecule has 0 aliphatic heterocycles. The van der Waals surface area contributed by atoms with Crippen molar-refractivity contribution in [2.24, 2.45) is 0 Å². The summed E-state index contributed by atoms with van der Waals surface area (Å²) in [6.07, 6.45) is 66.6. The van der Waals surface area contributed by atoms with Gasteiger partial charge in [0.25, 0.3) is 0 Å². The molecular weight excluding hydrogens is 765 g/mol. The topological polar surface area (TPSA) is 61.8 Å². The lowest BCUT2D eigenvalue weighted by atomic mass is 10.0. The molecule has 0 N–H and O–H groups in total. The molecule has 0 aromatic heterocycles. The number of ether oxygens (including phenoxy) is 3. The van der Waals surface area contributed by atoms with Gasteiger partial charge in [-0.2, -0.15) is 0 Å². The molecule has 0 aromatic carbocycles. The number of hydrogen-bond acceptors (Lipinski definition) is 5. The summed E-state index contributed by atoms with van der Waals surface area (Å²) in [5.74, 6) is -0.425. The molecule has 0 saturated carbocycles. The minimum absolute atomic E-state index is 0.0709. The number of carbonyl (C=O) groups excluding carboxylic acids is 2. The number of allylic oxidation sites excluding steroid dienone is 10. The first kappa shape index (κ1) is 59.6. The van der Waals surface area contributed by atoms with Gasteiger partial charge in [0.15, 0.2) is 6.10 Å². The van der Waals surface area contributed by atoms with Gasteiger partial charge in [-0.3, -0.25) is 9.59 Å². The third kappa shape index (κ3) is 50.2. The second-order valence-corrected chi connectivity index (χ2v) is 17.8. The van der Waals surface area contributed by atoms with E-state index in [9.17, 15) is 9.59 Å². The summed E-state index contributed by atoms with van der Waals surface area (Å²) in [4.78, 5) is 25.4. The van der Waals surface area contributed by atoms with Crippen molar-refractivity contribution in [3.05, 3.63) is 60.8 Å². The van der Waals surface area contributed by atoms with Crippen LogP contribution in [0.15, 0.2) is 60.8 Å². The molecule has 0 fully saturated rings. The maximum Gasteiger partial charge on any atom is 0.306 e. The minimum atomic E-state index is -0.549. The van der Waals surface area contributed by atoms with Crippen LogP contribution in [0.3, 0.4) is 0 Å². The van der Waals surface area contributed by atoms with Crippen molar-refractivity contribution in [2.45, 2.75) is 271 Å². The Balaban J connectivity index is 4.29. The van der Waals surface area contributed by atoms with Crippen LogP contribution in [-0.4, -0.2) is 37.9 Å². The van der Waals surface area contributed by atoms with Gasteiger partial charge in [-0.05, 0) is 83.5 Å². The van der Waals surface area contributed by atoms with E-state index in [2.05, 4.69) is 81.5 Å². The molecule has 0 bridgehead atoms. The van der Waals surface area contributed by atoms with E-state index in [1.165, 1.54) is 135 Å². The van der Waals surface area contributed by atoms with Crippen LogP contribution in [0.2, 0.25) is 0 Å². The summed E-state index contributed by atoms with van der Waals surface area (Å²) in [5.41, 5.74) is 0. The number of unbranched alkanes of at least 4 members (excludes halogenated alkanes) is 28. The lowest BCUT2D eigenvalue weighted by Crippen LogP contribution is -2.30. The van der Waals surface area contributed by atoms with Crippen LogP contribution < -0.4 is 0 Å². The van der Waals surface area contributed by atoms with Crippen LogP contribution in [-0.2, 0) is 23.8 Å². The number of hydrogen-bond donors (Lipinski definition) is 0. The van der Waals surface area contributed by atoms with Crippen molar-refractivity contribution in [3.63, 3.8) is 0 Å². The molecule has 5 heteroatoms. The smallest absolute Gasteiger partial charge is 0.306 e.